The second-order valence-electron chi connectivity index (χ2n) is 4.08. The van der Waals surface area contributed by atoms with Crippen LogP contribution in [-0.4, -0.2) is 35.0 Å². The second kappa shape index (κ2) is 7.01. The van der Waals surface area contributed by atoms with Gasteiger partial charge in [-0.2, -0.15) is 11.8 Å². The lowest BCUT2D eigenvalue weighted by Crippen LogP contribution is -2.29. The molecule has 1 heterocycles. The van der Waals surface area contributed by atoms with Crippen LogP contribution in [0.1, 0.15) is 13.8 Å². The molecule has 1 aromatic carbocycles. The molecule has 1 unspecified atom stereocenters. The first-order chi connectivity index (χ1) is 9.22. The highest BCUT2D eigenvalue weighted by Crippen LogP contribution is 2.37. The number of nitrogens with zero attached hydrogens (tertiary/aromatic N) is 1. The van der Waals surface area contributed by atoms with Crippen LogP contribution < -0.4 is 0 Å². The second-order valence-corrected chi connectivity index (χ2v) is 6.62. The van der Waals surface area contributed by atoms with Crippen molar-refractivity contribution in [1.82, 2.24) is 0 Å². The van der Waals surface area contributed by atoms with Gasteiger partial charge in [-0.05, 0) is 24.8 Å². The van der Waals surface area contributed by atoms with E-state index in [2.05, 4.69) is 11.9 Å². The minimum atomic E-state index is -0.304. The van der Waals surface area contributed by atoms with Crippen LogP contribution in [0.15, 0.2) is 34.2 Å². The monoisotopic (exact) mass is 295 g/mol. The van der Waals surface area contributed by atoms with E-state index in [1.54, 1.807) is 11.8 Å². The number of rotatable bonds is 5. The smallest absolute Gasteiger partial charge is 0.325 e. The summed E-state index contributed by atoms with van der Waals surface area (Å²) in [5, 5.41) is -0.304. The summed E-state index contributed by atoms with van der Waals surface area (Å²) in [7, 11) is 0. The highest BCUT2D eigenvalue weighted by atomic mass is 32.2. The van der Waals surface area contributed by atoms with Crippen LogP contribution in [-0.2, 0) is 9.53 Å². The summed E-state index contributed by atoms with van der Waals surface area (Å²) < 4.78 is 5.31. The molecule has 0 radical (unpaired) electrons. The lowest BCUT2D eigenvalue weighted by molar-refractivity contribution is -0.140. The van der Waals surface area contributed by atoms with Crippen molar-refractivity contribution in [2.45, 2.75) is 24.0 Å². The molecule has 0 N–H and O–H groups in total. The van der Waals surface area contributed by atoms with Gasteiger partial charge < -0.3 is 4.74 Å². The average molecular weight is 295 g/mol. The maximum absolute atomic E-state index is 12.0. The van der Waals surface area contributed by atoms with Gasteiger partial charge >= 0.3 is 5.97 Å². The van der Waals surface area contributed by atoms with Crippen molar-refractivity contribution >= 4 is 40.9 Å². The van der Waals surface area contributed by atoms with Crippen LogP contribution >= 0.6 is 23.5 Å². The Morgan fingerprint density at radius 2 is 2.26 bits per heavy atom. The van der Waals surface area contributed by atoms with E-state index in [0.717, 1.165) is 27.8 Å². The predicted molar refractivity (Wildman–Crippen MR) is 82.8 cm³/mol. The van der Waals surface area contributed by atoms with E-state index < -0.39 is 0 Å². The highest BCUT2D eigenvalue weighted by Gasteiger charge is 2.28. The molecule has 0 aliphatic carbocycles. The maximum atomic E-state index is 12.0. The molecule has 1 aromatic rings. The summed E-state index contributed by atoms with van der Waals surface area (Å²) in [6.45, 7) is 4.45. The average Bonchev–Trinajstić information content (AvgIpc) is 2.42. The summed E-state index contributed by atoms with van der Waals surface area (Å²) in [5.74, 6) is 1.72. The van der Waals surface area contributed by atoms with E-state index in [-0.39, 0.29) is 11.2 Å². The molecule has 5 heteroatoms. The number of fused-ring (bicyclic) bond motifs is 1. The van der Waals surface area contributed by atoms with E-state index in [1.807, 2.05) is 31.2 Å². The van der Waals surface area contributed by atoms with Gasteiger partial charge in [-0.1, -0.05) is 19.1 Å². The Hall–Kier alpha value is -0.940. The molecule has 1 atom stereocenters. The predicted octanol–water partition coefficient (Wildman–Crippen LogP) is 3.55. The first-order valence-corrected chi connectivity index (χ1v) is 8.31. The fraction of sp³-hybridized carbons (Fsp3) is 0.429. The van der Waals surface area contributed by atoms with Gasteiger partial charge in [0.1, 0.15) is 11.9 Å². The van der Waals surface area contributed by atoms with E-state index in [1.165, 1.54) is 11.8 Å². The third kappa shape index (κ3) is 3.76. The van der Waals surface area contributed by atoms with Gasteiger partial charge in [0.2, 0.25) is 0 Å². The van der Waals surface area contributed by atoms with Crippen molar-refractivity contribution in [3.8, 4) is 0 Å². The number of aliphatic imine (C=N–C) groups is 1. The number of ether oxygens (including phenoxy) is 1. The van der Waals surface area contributed by atoms with Gasteiger partial charge in [-0.25, -0.2) is 0 Å². The van der Waals surface area contributed by atoms with E-state index in [9.17, 15) is 4.79 Å². The fourth-order valence-corrected chi connectivity index (χ4v) is 3.27. The van der Waals surface area contributed by atoms with Gasteiger partial charge in [0, 0.05) is 16.4 Å². The molecule has 19 heavy (non-hydrogen) atoms. The zero-order valence-electron chi connectivity index (χ0n) is 11.1. The molecular weight excluding hydrogens is 278 g/mol. The molecule has 3 nitrogen and oxygen atoms in total. The molecule has 0 saturated heterocycles. The standard InChI is InChI=1S/C14H17NO2S2/c1-3-18-9-8-17-14(16)13-10(2)15-11-6-4-5-7-12(11)19-13/h4-7,13H,3,8-9H2,1-2H3. The van der Waals surface area contributed by atoms with Crippen molar-refractivity contribution in [2.75, 3.05) is 18.1 Å². The summed E-state index contributed by atoms with van der Waals surface area (Å²) in [6.07, 6.45) is 0. The molecule has 0 aromatic heterocycles. The van der Waals surface area contributed by atoms with Crippen LogP contribution in [0.5, 0.6) is 0 Å². The summed E-state index contributed by atoms with van der Waals surface area (Å²) in [5.41, 5.74) is 1.76. The van der Waals surface area contributed by atoms with Gasteiger partial charge in [-0.3, -0.25) is 9.79 Å². The van der Waals surface area contributed by atoms with Crippen LogP contribution in [0, 0.1) is 0 Å². The third-order valence-electron chi connectivity index (χ3n) is 2.68. The first-order valence-electron chi connectivity index (χ1n) is 6.27. The molecule has 1 aliphatic rings. The van der Waals surface area contributed by atoms with Crippen LogP contribution in [0.25, 0.3) is 0 Å². The Balaban J connectivity index is 1.97. The molecule has 2 rings (SSSR count). The van der Waals surface area contributed by atoms with Gasteiger partial charge in [0.15, 0.2) is 0 Å². The minimum absolute atomic E-state index is 0.183. The van der Waals surface area contributed by atoms with Crippen LogP contribution in [0.2, 0.25) is 0 Å². The van der Waals surface area contributed by atoms with Crippen molar-refractivity contribution < 1.29 is 9.53 Å². The summed E-state index contributed by atoms with van der Waals surface area (Å²) in [4.78, 5) is 17.6. The number of hydrogen-bond acceptors (Lipinski definition) is 5. The number of carbonyl (C=O) groups is 1. The fourth-order valence-electron chi connectivity index (χ4n) is 1.75. The SMILES string of the molecule is CCSCCOC(=O)C1Sc2ccccc2N=C1C. The Morgan fingerprint density at radius 1 is 1.47 bits per heavy atom. The number of esters is 1. The van der Waals surface area contributed by atoms with Crippen molar-refractivity contribution in [3.63, 3.8) is 0 Å². The van der Waals surface area contributed by atoms with E-state index in [0.29, 0.717) is 6.61 Å². The quantitative estimate of drug-likeness (QED) is 0.615. The Labute approximate surface area is 122 Å². The minimum Gasteiger partial charge on any atom is -0.464 e. The van der Waals surface area contributed by atoms with Crippen LogP contribution in [0.4, 0.5) is 5.69 Å². The molecule has 0 saturated carbocycles. The Bertz CT molecular complexity index is 488. The van der Waals surface area contributed by atoms with E-state index in [4.69, 9.17) is 4.74 Å². The first kappa shape index (κ1) is 14.5. The van der Waals surface area contributed by atoms with Gasteiger partial charge in [-0.15, -0.1) is 11.8 Å². The third-order valence-corrected chi connectivity index (χ3v) is 4.91. The summed E-state index contributed by atoms with van der Waals surface area (Å²) in [6, 6.07) is 7.87. The molecule has 0 bridgehead atoms. The maximum Gasteiger partial charge on any atom is 0.325 e. The molecule has 0 amide bonds. The van der Waals surface area contributed by atoms with E-state index >= 15 is 0 Å². The number of para-hydroxylation sites is 1. The topological polar surface area (TPSA) is 38.7 Å². The lowest BCUT2D eigenvalue weighted by atomic mass is 10.2. The van der Waals surface area contributed by atoms with Crippen molar-refractivity contribution in [3.05, 3.63) is 24.3 Å². The highest BCUT2D eigenvalue weighted by molar-refractivity contribution is 8.01. The van der Waals surface area contributed by atoms with Gasteiger partial charge in [0.05, 0.1) is 5.69 Å². The lowest BCUT2D eigenvalue weighted by Gasteiger charge is -2.20. The number of hydrogen-bond donors (Lipinski definition) is 0. The molecular formula is C14H17NO2S2. The number of benzene rings is 1. The van der Waals surface area contributed by atoms with Gasteiger partial charge in [0.25, 0.3) is 0 Å². The molecule has 0 fully saturated rings. The normalized spacial score (nSPS) is 17.6. The number of carbonyl (C=O) groups excluding carboxylic acids is 1. The molecule has 0 spiro atoms. The molecule has 1 aliphatic heterocycles. The zero-order valence-corrected chi connectivity index (χ0v) is 12.7. The van der Waals surface area contributed by atoms with Crippen molar-refractivity contribution in [2.24, 2.45) is 4.99 Å². The molecule has 102 valence electrons. The van der Waals surface area contributed by atoms with Crippen LogP contribution in [0.3, 0.4) is 0 Å². The summed E-state index contributed by atoms with van der Waals surface area (Å²) >= 11 is 3.30. The Kier molecular flexibility index (Phi) is 5.34. The largest absolute Gasteiger partial charge is 0.464 e. The van der Waals surface area contributed by atoms with Crippen molar-refractivity contribution in [1.29, 1.82) is 0 Å². The zero-order chi connectivity index (χ0) is 13.7. The Morgan fingerprint density at radius 3 is 3.05 bits per heavy atom. The number of thioether (sulfide) groups is 2.